The van der Waals surface area contributed by atoms with Gasteiger partial charge in [-0.3, -0.25) is 4.79 Å². The molecule has 1 aromatic heterocycles. The Labute approximate surface area is 143 Å². The van der Waals surface area contributed by atoms with Crippen LogP contribution in [0.4, 0.5) is 0 Å². The molecule has 2 aromatic rings. The maximum absolute atomic E-state index is 12.8. The number of likely N-dealkylation sites (tertiary alicyclic amines) is 1. The van der Waals surface area contributed by atoms with Crippen LogP contribution in [-0.4, -0.2) is 42.0 Å². The zero-order valence-corrected chi connectivity index (χ0v) is 14.8. The maximum Gasteiger partial charge on any atom is 0.278 e. The van der Waals surface area contributed by atoms with Gasteiger partial charge in [-0.05, 0) is 12.5 Å². The number of benzene rings is 1. The Kier molecular flexibility index (Phi) is 4.09. The van der Waals surface area contributed by atoms with Crippen molar-refractivity contribution in [2.45, 2.75) is 33.2 Å². The summed E-state index contributed by atoms with van der Waals surface area (Å²) in [7, 11) is 0. The second kappa shape index (κ2) is 6.25. The van der Waals surface area contributed by atoms with Crippen molar-refractivity contribution in [2.75, 3.05) is 26.2 Å². The molecular weight excluding hydrogens is 298 g/mol. The molecule has 0 aliphatic carbocycles. The molecule has 0 saturated carbocycles. The number of aromatic amines is 1. The quantitative estimate of drug-likeness (QED) is 0.865. The van der Waals surface area contributed by atoms with Gasteiger partial charge in [-0.25, -0.2) is 0 Å². The molecule has 2 atom stereocenters. The summed E-state index contributed by atoms with van der Waals surface area (Å²) in [5.74, 6) is 1.79. The molecule has 0 bridgehead atoms. The Bertz CT molecular complexity index is 740. The summed E-state index contributed by atoms with van der Waals surface area (Å²) in [6.07, 6.45) is 2.25. The predicted octanol–water partition coefficient (Wildman–Crippen LogP) is 1.61. The van der Waals surface area contributed by atoms with E-state index in [9.17, 15) is 4.79 Å². The number of aromatic nitrogens is 1. The van der Waals surface area contributed by atoms with E-state index in [2.05, 4.69) is 48.0 Å². The molecule has 0 radical (unpaired) electrons. The molecular formula is C20H28N3O+. The first-order valence-electron chi connectivity index (χ1n) is 9.30. The molecule has 4 heteroatoms. The minimum absolute atomic E-state index is 0.322. The summed E-state index contributed by atoms with van der Waals surface area (Å²) in [6, 6.07) is 8.44. The van der Waals surface area contributed by atoms with Gasteiger partial charge in [-0.2, -0.15) is 0 Å². The van der Waals surface area contributed by atoms with Crippen LogP contribution in [0.15, 0.2) is 24.3 Å². The number of H-pyrrole nitrogens is 1. The number of carbonyl (C=O) groups is 1. The van der Waals surface area contributed by atoms with Crippen LogP contribution in [0.1, 0.15) is 31.5 Å². The average Bonchev–Trinajstić information content (AvgIpc) is 2.91. The highest BCUT2D eigenvalue weighted by Gasteiger charge is 2.30. The SMILES string of the molecule is C[C@@H]1C[C@@H](C)C[NH+](CC(=O)N2CCc3[nH]c4ccccc4c3C2)C1. The van der Waals surface area contributed by atoms with Crippen molar-refractivity contribution in [3.05, 3.63) is 35.5 Å². The van der Waals surface area contributed by atoms with Crippen molar-refractivity contribution in [3.8, 4) is 0 Å². The third-order valence-corrected chi connectivity index (χ3v) is 5.72. The first-order chi connectivity index (χ1) is 11.6. The van der Waals surface area contributed by atoms with Gasteiger partial charge in [0, 0.05) is 53.5 Å². The van der Waals surface area contributed by atoms with Crippen molar-refractivity contribution in [3.63, 3.8) is 0 Å². The van der Waals surface area contributed by atoms with Gasteiger partial charge in [0.2, 0.25) is 0 Å². The zero-order valence-electron chi connectivity index (χ0n) is 14.8. The standard InChI is InChI=1S/C20H27N3O/c1-14-9-15(2)11-22(10-14)13-20(24)23-8-7-19-17(12-23)16-5-3-4-6-18(16)21-19/h3-6,14-15,21H,7-13H2,1-2H3/p+1/t14-,15-/m1/s1. The van der Waals surface area contributed by atoms with Crippen LogP contribution in [0.25, 0.3) is 10.9 Å². The number of hydrogen-bond donors (Lipinski definition) is 2. The molecule has 2 aliphatic heterocycles. The highest BCUT2D eigenvalue weighted by atomic mass is 16.2. The number of para-hydroxylation sites is 1. The minimum Gasteiger partial charge on any atom is -0.358 e. The lowest BCUT2D eigenvalue weighted by atomic mass is 9.92. The molecule has 2 N–H and O–H groups in total. The highest BCUT2D eigenvalue weighted by Crippen LogP contribution is 2.27. The minimum atomic E-state index is 0.322. The molecule has 4 rings (SSSR count). The Morgan fingerprint density at radius 1 is 1.25 bits per heavy atom. The van der Waals surface area contributed by atoms with Gasteiger partial charge in [0.1, 0.15) is 0 Å². The van der Waals surface area contributed by atoms with Gasteiger partial charge in [-0.15, -0.1) is 0 Å². The van der Waals surface area contributed by atoms with E-state index < -0.39 is 0 Å². The first kappa shape index (κ1) is 15.7. The molecule has 128 valence electrons. The maximum atomic E-state index is 12.8. The Morgan fingerprint density at radius 2 is 2.00 bits per heavy atom. The van der Waals surface area contributed by atoms with E-state index in [1.54, 1.807) is 0 Å². The topological polar surface area (TPSA) is 40.5 Å². The zero-order chi connectivity index (χ0) is 16.7. The van der Waals surface area contributed by atoms with E-state index in [0.717, 1.165) is 44.4 Å². The van der Waals surface area contributed by atoms with Crippen molar-refractivity contribution in [2.24, 2.45) is 11.8 Å². The number of rotatable bonds is 2. The number of fused-ring (bicyclic) bond motifs is 3. The number of carbonyl (C=O) groups excluding carboxylic acids is 1. The molecule has 1 amide bonds. The Balaban J connectivity index is 1.47. The summed E-state index contributed by atoms with van der Waals surface area (Å²) in [5, 5.41) is 1.28. The summed E-state index contributed by atoms with van der Waals surface area (Å²) >= 11 is 0. The third-order valence-electron chi connectivity index (χ3n) is 5.72. The molecule has 4 nitrogen and oxygen atoms in total. The van der Waals surface area contributed by atoms with Crippen LogP contribution in [0.3, 0.4) is 0 Å². The van der Waals surface area contributed by atoms with Crippen molar-refractivity contribution in [1.82, 2.24) is 9.88 Å². The Hall–Kier alpha value is -1.81. The van der Waals surface area contributed by atoms with Gasteiger partial charge < -0.3 is 14.8 Å². The summed E-state index contributed by atoms with van der Waals surface area (Å²) in [6.45, 7) is 9.18. The molecule has 0 unspecified atom stereocenters. The second-order valence-electron chi connectivity index (χ2n) is 7.97. The van der Waals surface area contributed by atoms with E-state index in [-0.39, 0.29) is 0 Å². The van der Waals surface area contributed by atoms with E-state index in [0.29, 0.717) is 12.5 Å². The molecule has 1 aromatic carbocycles. The number of piperidine rings is 1. The molecule has 1 saturated heterocycles. The second-order valence-corrected chi connectivity index (χ2v) is 7.97. The molecule has 24 heavy (non-hydrogen) atoms. The number of nitrogens with zero attached hydrogens (tertiary/aromatic N) is 1. The number of nitrogens with one attached hydrogen (secondary N) is 2. The smallest absolute Gasteiger partial charge is 0.278 e. The van der Waals surface area contributed by atoms with E-state index in [1.807, 2.05) is 0 Å². The van der Waals surface area contributed by atoms with Gasteiger partial charge >= 0.3 is 0 Å². The fourth-order valence-corrected chi connectivity index (χ4v) is 4.77. The fraction of sp³-hybridized carbons (Fsp3) is 0.550. The van der Waals surface area contributed by atoms with Crippen LogP contribution in [-0.2, 0) is 17.8 Å². The van der Waals surface area contributed by atoms with Gasteiger partial charge in [0.05, 0.1) is 13.1 Å². The lowest BCUT2D eigenvalue weighted by molar-refractivity contribution is -0.904. The van der Waals surface area contributed by atoms with E-state index >= 15 is 0 Å². The Morgan fingerprint density at radius 3 is 2.79 bits per heavy atom. The van der Waals surface area contributed by atoms with Crippen molar-refractivity contribution < 1.29 is 9.69 Å². The molecule has 2 aliphatic rings. The summed E-state index contributed by atoms with van der Waals surface area (Å²) in [4.78, 5) is 19.9. The summed E-state index contributed by atoms with van der Waals surface area (Å²) < 4.78 is 0. The van der Waals surface area contributed by atoms with Gasteiger partial charge in [-0.1, -0.05) is 32.0 Å². The summed E-state index contributed by atoms with van der Waals surface area (Å²) in [5.41, 5.74) is 3.83. The van der Waals surface area contributed by atoms with Gasteiger partial charge in [0.25, 0.3) is 5.91 Å². The van der Waals surface area contributed by atoms with Crippen molar-refractivity contribution in [1.29, 1.82) is 0 Å². The van der Waals surface area contributed by atoms with Crippen LogP contribution < -0.4 is 4.90 Å². The van der Waals surface area contributed by atoms with Crippen LogP contribution in [0.5, 0.6) is 0 Å². The van der Waals surface area contributed by atoms with Crippen molar-refractivity contribution >= 4 is 16.8 Å². The number of quaternary nitrogens is 1. The molecule has 3 heterocycles. The van der Waals surface area contributed by atoms with E-state index in [4.69, 9.17) is 0 Å². The van der Waals surface area contributed by atoms with Gasteiger partial charge in [0.15, 0.2) is 6.54 Å². The fourth-order valence-electron chi connectivity index (χ4n) is 4.77. The molecule has 1 fully saturated rings. The third kappa shape index (κ3) is 2.95. The number of hydrogen-bond acceptors (Lipinski definition) is 1. The van der Waals surface area contributed by atoms with Crippen LogP contribution in [0.2, 0.25) is 0 Å². The normalized spacial score (nSPS) is 27.2. The lowest BCUT2D eigenvalue weighted by Gasteiger charge is -2.34. The predicted molar refractivity (Wildman–Crippen MR) is 95.9 cm³/mol. The lowest BCUT2D eigenvalue weighted by Crippen LogP contribution is -3.15. The highest BCUT2D eigenvalue weighted by molar-refractivity contribution is 5.86. The first-order valence-corrected chi connectivity index (χ1v) is 9.30. The largest absolute Gasteiger partial charge is 0.358 e. The van der Waals surface area contributed by atoms with Crippen LogP contribution >= 0.6 is 0 Å². The molecule has 0 spiro atoms. The average molecular weight is 326 g/mol. The van der Waals surface area contributed by atoms with Crippen LogP contribution in [0, 0.1) is 11.8 Å². The number of amides is 1. The monoisotopic (exact) mass is 326 g/mol. The van der Waals surface area contributed by atoms with E-state index in [1.165, 1.54) is 33.5 Å².